The van der Waals surface area contributed by atoms with Gasteiger partial charge < -0.3 is 33.6 Å². The van der Waals surface area contributed by atoms with Crippen molar-refractivity contribution in [3.8, 4) is 0 Å². The van der Waals surface area contributed by atoms with Crippen LogP contribution in [0.1, 0.15) is 6.42 Å². The van der Waals surface area contributed by atoms with Crippen LogP contribution in [0.3, 0.4) is 0 Å². The fourth-order valence-electron chi connectivity index (χ4n) is 2.24. The van der Waals surface area contributed by atoms with Gasteiger partial charge in [-0.3, -0.25) is 9.69 Å². The van der Waals surface area contributed by atoms with E-state index in [0.717, 1.165) is 13.1 Å². The molecule has 1 saturated heterocycles. The molecule has 0 aliphatic carbocycles. The van der Waals surface area contributed by atoms with Crippen molar-refractivity contribution in [1.29, 1.82) is 0 Å². The van der Waals surface area contributed by atoms with E-state index in [1.807, 2.05) is 22.7 Å². The molecule has 0 unspecified atom stereocenters. The minimum Gasteiger partial charge on any atom is -1.00 e. The molecule has 0 bridgehead atoms. The maximum Gasteiger partial charge on any atom is 0.415 e. The summed E-state index contributed by atoms with van der Waals surface area (Å²) in [6.45, 7) is 3.63. The molecule has 0 radical (unpaired) electrons. The molecule has 0 aromatic carbocycles. The van der Waals surface area contributed by atoms with Crippen molar-refractivity contribution < 1.29 is 42.9 Å². The molecule has 1 aromatic rings. The van der Waals surface area contributed by atoms with Crippen LogP contribution in [0.25, 0.3) is 0 Å². The van der Waals surface area contributed by atoms with E-state index in [2.05, 4.69) is 9.64 Å². The number of ether oxygens (including phenoxy) is 1. The second-order valence-corrected chi connectivity index (χ2v) is 4.92. The normalized spacial score (nSPS) is 15.4. The Hall–Kier alpha value is -1.16. The van der Waals surface area contributed by atoms with E-state index in [4.69, 9.17) is 0 Å². The van der Waals surface area contributed by atoms with E-state index in [0.29, 0.717) is 26.1 Å². The molecule has 21 heavy (non-hydrogen) atoms. The standard InChI is InChI=1S/C13H21N4O3.HI/c1-14-5-8-17(11-14)13(19)16-9-6-15(7-10-16)4-3-12(18)20-2;/h5,8,11H,3-4,6-7,9-10H2,1-2H3;1H/q+1;/p-1. The maximum absolute atomic E-state index is 12.2. The van der Waals surface area contributed by atoms with Gasteiger partial charge in [0.1, 0.15) is 12.4 Å². The van der Waals surface area contributed by atoms with Gasteiger partial charge in [0.25, 0.3) is 6.33 Å². The van der Waals surface area contributed by atoms with Crippen LogP contribution in [-0.4, -0.2) is 66.2 Å². The molecule has 0 saturated carbocycles. The smallest absolute Gasteiger partial charge is 0.415 e. The minimum atomic E-state index is -0.191. The molecule has 2 heterocycles. The van der Waals surface area contributed by atoms with Gasteiger partial charge in [-0.05, 0) is 0 Å². The Morgan fingerprint density at radius 1 is 1.24 bits per heavy atom. The van der Waals surface area contributed by atoms with E-state index < -0.39 is 0 Å². The fourth-order valence-corrected chi connectivity index (χ4v) is 2.24. The predicted octanol–water partition coefficient (Wildman–Crippen LogP) is -3.53. The Bertz CT molecular complexity index is 484. The molecule has 118 valence electrons. The van der Waals surface area contributed by atoms with E-state index in [-0.39, 0.29) is 36.0 Å². The van der Waals surface area contributed by atoms with Crippen LogP contribution in [-0.2, 0) is 16.6 Å². The van der Waals surface area contributed by atoms with Crippen LogP contribution >= 0.6 is 0 Å². The number of imidazole rings is 1. The number of carbonyl (C=O) groups is 2. The third-order valence-corrected chi connectivity index (χ3v) is 3.49. The first-order chi connectivity index (χ1) is 9.60. The number of hydrogen-bond donors (Lipinski definition) is 0. The number of aryl methyl sites for hydroxylation is 1. The Kier molecular flexibility index (Phi) is 7.09. The molecule has 8 heteroatoms. The first-order valence-corrected chi connectivity index (χ1v) is 6.72. The van der Waals surface area contributed by atoms with Crippen molar-refractivity contribution in [2.75, 3.05) is 39.8 Å². The number of carbonyl (C=O) groups excluding carboxylic acids is 2. The monoisotopic (exact) mass is 408 g/mol. The number of nitrogens with zero attached hydrogens (tertiary/aromatic N) is 4. The number of esters is 1. The SMILES string of the molecule is COC(=O)CCN1CCN(C(=O)n2cc[n+](C)c2)CC1.[I-]. The zero-order valence-electron chi connectivity index (χ0n) is 12.4. The topological polar surface area (TPSA) is 58.7 Å². The number of methoxy groups -OCH3 is 1. The minimum absolute atomic E-state index is 0. The maximum atomic E-state index is 12.2. The fraction of sp³-hybridized carbons (Fsp3) is 0.615. The predicted molar refractivity (Wildman–Crippen MR) is 71.0 cm³/mol. The Labute approximate surface area is 141 Å². The summed E-state index contributed by atoms with van der Waals surface area (Å²) in [5, 5.41) is 0. The zero-order chi connectivity index (χ0) is 14.5. The Morgan fingerprint density at radius 3 is 2.43 bits per heavy atom. The number of halogens is 1. The third-order valence-electron chi connectivity index (χ3n) is 3.49. The quantitative estimate of drug-likeness (QED) is 0.296. The Balaban J connectivity index is 0.00000220. The van der Waals surface area contributed by atoms with Crippen molar-refractivity contribution in [1.82, 2.24) is 14.4 Å². The molecule has 1 aliphatic heterocycles. The van der Waals surface area contributed by atoms with Gasteiger partial charge in [0.2, 0.25) is 0 Å². The first kappa shape index (κ1) is 17.9. The molecule has 0 atom stereocenters. The number of hydrogen-bond acceptors (Lipinski definition) is 4. The van der Waals surface area contributed by atoms with Gasteiger partial charge in [0, 0.05) is 32.7 Å². The first-order valence-electron chi connectivity index (χ1n) is 6.72. The van der Waals surface area contributed by atoms with Crippen LogP contribution < -0.4 is 28.5 Å². The van der Waals surface area contributed by atoms with Crippen molar-refractivity contribution in [3.63, 3.8) is 0 Å². The van der Waals surface area contributed by atoms with Gasteiger partial charge in [-0.15, -0.1) is 0 Å². The van der Waals surface area contributed by atoms with Gasteiger partial charge in [-0.1, -0.05) is 0 Å². The molecule has 1 fully saturated rings. The van der Waals surface area contributed by atoms with Crippen LogP contribution in [0.5, 0.6) is 0 Å². The molecule has 7 nitrogen and oxygen atoms in total. The van der Waals surface area contributed by atoms with Gasteiger partial charge in [0.05, 0.1) is 20.6 Å². The van der Waals surface area contributed by atoms with E-state index in [9.17, 15) is 9.59 Å². The Morgan fingerprint density at radius 2 is 1.90 bits per heavy atom. The summed E-state index contributed by atoms with van der Waals surface area (Å²) >= 11 is 0. The van der Waals surface area contributed by atoms with Gasteiger partial charge in [-0.2, -0.15) is 4.57 Å². The largest absolute Gasteiger partial charge is 1.00 e. The second-order valence-electron chi connectivity index (χ2n) is 4.92. The summed E-state index contributed by atoms with van der Waals surface area (Å²) in [7, 11) is 3.28. The van der Waals surface area contributed by atoms with Crippen LogP contribution in [0.15, 0.2) is 18.7 Å². The van der Waals surface area contributed by atoms with Gasteiger partial charge in [0.15, 0.2) is 0 Å². The zero-order valence-corrected chi connectivity index (χ0v) is 14.5. The molecular formula is C13H21IN4O3. The highest BCUT2D eigenvalue weighted by Gasteiger charge is 2.25. The van der Waals surface area contributed by atoms with Gasteiger partial charge in [-0.25, -0.2) is 9.36 Å². The van der Waals surface area contributed by atoms with Crippen molar-refractivity contribution >= 4 is 12.0 Å². The molecule has 0 spiro atoms. The molecule has 0 N–H and O–H groups in total. The number of amides is 1. The highest BCUT2D eigenvalue weighted by atomic mass is 127. The summed E-state index contributed by atoms with van der Waals surface area (Å²) < 4.78 is 8.05. The molecule has 1 aromatic heterocycles. The second kappa shape index (κ2) is 8.32. The van der Waals surface area contributed by atoms with Crippen LogP contribution in [0.4, 0.5) is 4.79 Å². The third kappa shape index (κ3) is 4.95. The molecule has 2 rings (SSSR count). The van der Waals surface area contributed by atoms with E-state index >= 15 is 0 Å². The highest BCUT2D eigenvalue weighted by Crippen LogP contribution is 2.05. The lowest BCUT2D eigenvalue weighted by Crippen LogP contribution is -3.00. The lowest BCUT2D eigenvalue weighted by Gasteiger charge is -2.33. The summed E-state index contributed by atoms with van der Waals surface area (Å²) in [4.78, 5) is 27.3. The lowest BCUT2D eigenvalue weighted by atomic mass is 10.3. The summed E-state index contributed by atoms with van der Waals surface area (Å²) in [5.41, 5.74) is 0. The van der Waals surface area contributed by atoms with Gasteiger partial charge >= 0.3 is 12.0 Å². The molecule has 1 amide bonds. The average Bonchev–Trinajstić information content (AvgIpc) is 2.91. The number of piperazine rings is 1. The lowest BCUT2D eigenvalue weighted by molar-refractivity contribution is -0.670. The molecule has 1 aliphatic rings. The summed E-state index contributed by atoms with van der Waals surface area (Å²) in [5.74, 6) is -0.191. The number of rotatable bonds is 3. The van der Waals surface area contributed by atoms with Crippen molar-refractivity contribution in [3.05, 3.63) is 18.7 Å². The van der Waals surface area contributed by atoms with E-state index in [1.165, 1.54) is 7.11 Å². The number of aromatic nitrogens is 2. The van der Waals surface area contributed by atoms with Crippen LogP contribution in [0.2, 0.25) is 0 Å². The van der Waals surface area contributed by atoms with E-state index in [1.54, 1.807) is 17.1 Å². The molecular weight excluding hydrogens is 387 g/mol. The summed E-state index contributed by atoms with van der Waals surface area (Å²) in [6, 6.07) is -0.00165. The highest BCUT2D eigenvalue weighted by molar-refractivity contribution is 5.76. The van der Waals surface area contributed by atoms with Crippen molar-refractivity contribution in [2.45, 2.75) is 6.42 Å². The van der Waals surface area contributed by atoms with Crippen LogP contribution in [0, 0.1) is 0 Å². The van der Waals surface area contributed by atoms with Crippen molar-refractivity contribution in [2.24, 2.45) is 7.05 Å². The average molecular weight is 408 g/mol. The summed E-state index contributed by atoms with van der Waals surface area (Å²) in [6.07, 6.45) is 5.75.